The second-order valence-electron chi connectivity index (χ2n) is 5.79. The first-order valence-electron chi connectivity index (χ1n) is 8.25. The Labute approximate surface area is 151 Å². The Balaban J connectivity index is 1.52. The van der Waals surface area contributed by atoms with Crippen molar-refractivity contribution in [1.82, 2.24) is 15.1 Å². The number of nitrogens with one attached hydrogen (secondary N) is 1. The molecule has 0 aliphatic carbocycles. The first-order valence-corrected chi connectivity index (χ1v) is 8.25. The van der Waals surface area contributed by atoms with E-state index in [4.69, 9.17) is 4.74 Å². The van der Waals surface area contributed by atoms with Crippen LogP contribution in [0.15, 0.2) is 73.1 Å². The highest BCUT2D eigenvalue weighted by molar-refractivity contribution is 5.91. The van der Waals surface area contributed by atoms with Gasteiger partial charge in [0.25, 0.3) is 5.91 Å². The first kappa shape index (κ1) is 17.4. The van der Waals surface area contributed by atoms with Crippen molar-refractivity contribution in [2.75, 3.05) is 6.61 Å². The molecule has 1 unspecified atom stereocenters. The fraction of sp³-hybridized carbons (Fsp3) is 0.150. The molecule has 6 heteroatoms. The number of para-hydroxylation sites is 1. The van der Waals surface area contributed by atoms with Crippen molar-refractivity contribution in [3.05, 3.63) is 84.2 Å². The molecule has 1 aromatic heterocycles. The Morgan fingerprint density at radius 1 is 1.08 bits per heavy atom. The van der Waals surface area contributed by atoms with Gasteiger partial charge < -0.3 is 10.1 Å². The topological polar surface area (TPSA) is 73.2 Å². The number of nitrogens with zero attached hydrogens (tertiary/aromatic N) is 2. The zero-order valence-corrected chi connectivity index (χ0v) is 14.3. The highest BCUT2D eigenvalue weighted by Gasteiger charge is 2.14. The third kappa shape index (κ3) is 4.36. The van der Waals surface area contributed by atoms with E-state index in [1.54, 1.807) is 10.9 Å². The van der Waals surface area contributed by atoms with E-state index in [1.165, 1.54) is 6.20 Å². The lowest BCUT2D eigenvalue weighted by Gasteiger charge is -2.14. The molecule has 26 heavy (non-hydrogen) atoms. The van der Waals surface area contributed by atoms with Crippen LogP contribution in [-0.2, 0) is 9.53 Å². The zero-order valence-electron chi connectivity index (χ0n) is 14.3. The third-order valence-electron chi connectivity index (χ3n) is 3.85. The molecule has 0 bridgehead atoms. The molecule has 1 N–H and O–H groups in total. The number of amides is 1. The van der Waals surface area contributed by atoms with E-state index in [-0.39, 0.29) is 24.1 Å². The van der Waals surface area contributed by atoms with Crippen molar-refractivity contribution in [2.45, 2.75) is 13.0 Å². The number of esters is 1. The number of carbonyl (C=O) groups excluding carboxylic acids is 2. The van der Waals surface area contributed by atoms with Gasteiger partial charge in [0.15, 0.2) is 6.61 Å². The van der Waals surface area contributed by atoms with Gasteiger partial charge in [0, 0.05) is 6.20 Å². The van der Waals surface area contributed by atoms with E-state index in [0.29, 0.717) is 0 Å². The Bertz CT molecular complexity index is 876. The van der Waals surface area contributed by atoms with E-state index < -0.39 is 5.97 Å². The van der Waals surface area contributed by atoms with Gasteiger partial charge in [-0.2, -0.15) is 5.10 Å². The quantitative estimate of drug-likeness (QED) is 0.695. The summed E-state index contributed by atoms with van der Waals surface area (Å²) in [5.41, 5.74) is 2.11. The molecule has 6 nitrogen and oxygen atoms in total. The van der Waals surface area contributed by atoms with Gasteiger partial charge in [0.05, 0.1) is 23.5 Å². The maximum Gasteiger partial charge on any atom is 0.341 e. The molecule has 1 amide bonds. The largest absolute Gasteiger partial charge is 0.452 e. The number of hydrogen-bond acceptors (Lipinski definition) is 4. The minimum Gasteiger partial charge on any atom is -0.452 e. The molecule has 0 spiro atoms. The first-order chi connectivity index (χ1) is 12.6. The van der Waals surface area contributed by atoms with Gasteiger partial charge in [-0.05, 0) is 24.6 Å². The molecule has 1 heterocycles. The lowest BCUT2D eigenvalue weighted by atomic mass is 10.1. The van der Waals surface area contributed by atoms with Gasteiger partial charge in [-0.15, -0.1) is 0 Å². The summed E-state index contributed by atoms with van der Waals surface area (Å²) in [6.07, 6.45) is 2.99. The van der Waals surface area contributed by atoms with Crippen LogP contribution in [0, 0.1) is 0 Å². The predicted octanol–water partition coefficient (Wildman–Crippen LogP) is 2.91. The van der Waals surface area contributed by atoms with E-state index in [2.05, 4.69) is 10.4 Å². The SMILES string of the molecule is CC(NC(=O)COC(=O)c1cnn(-c2ccccc2)c1)c1ccccc1. The molecule has 3 rings (SSSR count). The normalized spacial score (nSPS) is 11.6. The summed E-state index contributed by atoms with van der Waals surface area (Å²) in [7, 11) is 0. The van der Waals surface area contributed by atoms with Gasteiger partial charge in [-0.25, -0.2) is 9.48 Å². The van der Waals surface area contributed by atoms with Crippen molar-refractivity contribution in [1.29, 1.82) is 0 Å². The number of aromatic nitrogens is 2. The molecule has 0 radical (unpaired) electrons. The monoisotopic (exact) mass is 349 g/mol. The van der Waals surface area contributed by atoms with Gasteiger partial charge in [0.2, 0.25) is 0 Å². The van der Waals surface area contributed by atoms with Crippen LogP contribution in [0.3, 0.4) is 0 Å². The molecule has 3 aromatic rings. The lowest BCUT2D eigenvalue weighted by Crippen LogP contribution is -2.31. The van der Waals surface area contributed by atoms with Crippen LogP contribution < -0.4 is 5.32 Å². The fourth-order valence-corrected chi connectivity index (χ4v) is 2.47. The lowest BCUT2D eigenvalue weighted by molar-refractivity contribution is -0.124. The standard InChI is InChI=1S/C20H19N3O3/c1-15(16-8-4-2-5-9-16)22-19(24)14-26-20(25)17-12-21-23(13-17)18-10-6-3-7-11-18/h2-13,15H,14H2,1H3,(H,22,24). The van der Waals surface area contributed by atoms with Crippen LogP contribution in [0.1, 0.15) is 28.9 Å². The fourth-order valence-electron chi connectivity index (χ4n) is 2.47. The Hall–Kier alpha value is -3.41. The maximum atomic E-state index is 12.1. The van der Waals surface area contributed by atoms with Crippen LogP contribution in [-0.4, -0.2) is 28.3 Å². The van der Waals surface area contributed by atoms with Crippen molar-refractivity contribution in [3.8, 4) is 5.69 Å². The Kier molecular flexibility index (Phi) is 5.43. The average Bonchev–Trinajstić information content (AvgIpc) is 3.18. The molecular formula is C20H19N3O3. The summed E-state index contributed by atoms with van der Waals surface area (Å²) >= 11 is 0. The molecule has 0 aliphatic rings. The van der Waals surface area contributed by atoms with Gasteiger partial charge >= 0.3 is 5.97 Å². The summed E-state index contributed by atoms with van der Waals surface area (Å²) in [4.78, 5) is 24.1. The van der Waals surface area contributed by atoms with Crippen LogP contribution >= 0.6 is 0 Å². The maximum absolute atomic E-state index is 12.1. The summed E-state index contributed by atoms with van der Waals surface area (Å²) in [6, 6.07) is 18.8. The van der Waals surface area contributed by atoms with Crippen molar-refractivity contribution < 1.29 is 14.3 Å². The number of rotatable bonds is 6. The summed E-state index contributed by atoms with van der Waals surface area (Å²) in [5.74, 6) is -0.945. The molecule has 0 saturated carbocycles. The molecule has 1 atom stereocenters. The number of benzene rings is 2. The Morgan fingerprint density at radius 2 is 1.73 bits per heavy atom. The molecule has 132 valence electrons. The molecular weight excluding hydrogens is 330 g/mol. The highest BCUT2D eigenvalue weighted by Crippen LogP contribution is 2.11. The molecule has 0 saturated heterocycles. The summed E-state index contributed by atoms with van der Waals surface area (Å²) < 4.78 is 6.65. The third-order valence-corrected chi connectivity index (χ3v) is 3.85. The van der Waals surface area contributed by atoms with Gasteiger partial charge in [-0.1, -0.05) is 48.5 Å². The molecule has 2 aromatic carbocycles. The predicted molar refractivity (Wildman–Crippen MR) is 96.8 cm³/mol. The van der Waals surface area contributed by atoms with Crippen LogP contribution in [0.25, 0.3) is 5.69 Å². The highest BCUT2D eigenvalue weighted by atomic mass is 16.5. The summed E-state index contributed by atoms with van der Waals surface area (Å²) in [6.45, 7) is 1.53. The second kappa shape index (κ2) is 8.11. The van der Waals surface area contributed by atoms with E-state index in [1.807, 2.05) is 67.6 Å². The van der Waals surface area contributed by atoms with E-state index in [9.17, 15) is 9.59 Å². The Morgan fingerprint density at radius 3 is 2.42 bits per heavy atom. The average molecular weight is 349 g/mol. The minimum absolute atomic E-state index is 0.164. The van der Waals surface area contributed by atoms with Crippen LogP contribution in [0.4, 0.5) is 0 Å². The van der Waals surface area contributed by atoms with Gasteiger partial charge in [-0.3, -0.25) is 4.79 Å². The van der Waals surface area contributed by atoms with Gasteiger partial charge in [0.1, 0.15) is 0 Å². The van der Waals surface area contributed by atoms with Crippen molar-refractivity contribution in [3.63, 3.8) is 0 Å². The smallest absolute Gasteiger partial charge is 0.341 e. The number of ether oxygens (including phenoxy) is 1. The van der Waals surface area contributed by atoms with Crippen molar-refractivity contribution in [2.24, 2.45) is 0 Å². The van der Waals surface area contributed by atoms with Crippen LogP contribution in [0.5, 0.6) is 0 Å². The summed E-state index contributed by atoms with van der Waals surface area (Å²) in [5, 5.41) is 6.94. The van der Waals surface area contributed by atoms with Crippen LogP contribution in [0.2, 0.25) is 0 Å². The minimum atomic E-state index is -0.588. The van der Waals surface area contributed by atoms with Crippen molar-refractivity contribution >= 4 is 11.9 Å². The second-order valence-corrected chi connectivity index (χ2v) is 5.79. The van der Waals surface area contributed by atoms with E-state index in [0.717, 1.165) is 11.3 Å². The molecule has 0 aliphatic heterocycles. The number of hydrogen-bond donors (Lipinski definition) is 1. The zero-order chi connectivity index (χ0) is 18.4. The van der Waals surface area contributed by atoms with E-state index >= 15 is 0 Å². The molecule has 0 fully saturated rings. The number of carbonyl (C=O) groups is 2.